The largest absolute Gasteiger partial charge is 0.394 e. The third-order valence-electron chi connectivity index (χ3n) is 5.81. The fourth-order valence-electron chi connectivity index (χ4n) is 3.92. The molecule has 1 amide bonds. The van der Waals surface area contributed by atoms with E-state index in [9.17, 15) is 18.3 Å². The van der Waals surface area contributed by atoms with Gasteiger partial charge in [-0.2, -0.15) is 0 Å². The molecule has 1 aromatic carbocycles. The van der Waals surface area contributed by atoms with Gasteiger partial charge >= 0.3 is 0 Å². The molecule has 3 rings (SSSR count). The van der Waals surface area contributed by atoms with E-state index < -0.39 is 16.1 Å². The van der Waals surface area contributed by atoms with E-state index in [1.165, 1.54) is 0 Å². The van der Waals surface area contributed by atoms with Crippen LogP contribution in [0.25, 0.3) is 0 Å². The van der Waals surface area contributed by atoms with E-state index in [0.29, 0.717) is 45.3 Å². The summed E-state index contributed by atoms with van der Waals surface area (Å²) in [4.78, 5) is 12.7. The number of nitrogens with one attached hydrogen (secondary N) is 2. The van der Waals surface area contributed by atoms with Gasteiger partial charge in [-0.05, 0) is 51.2 Å². The lowest BCUT2D eigenvalue weighted by Gasteiger charge is -2.37. The highest BCUT2D eigenvalue weighted by Crippen LogP contribution is 2.23. The Balaban J connectivity index is 1.45. The van der Waals surface area contributed by atoms with Crippen LogP contribution in [0.2, 0.25) is 0 Å². The molecule has 3 N–H and O–H groups in total. The molecule has 2 heterocycles. The van der Waals surface area contributed by atoms with E-state index in [1.54, 1.807) is 24.3 Å². The third kappa shape index (κ3) is 6.24. The second kappa shape index (κ2) is 10.7. The molecule has 0 saturated carbocycles. The maximum absolute atomic E-state index is 12.5. The Bertz CT molecular complexity index is 792. The molecule has 0 spiro atoms. The highest BCUT2D eigenvalue weighted by molar-refractivity contribution is 7.89. The van der Waals surface area contributed by atoms with Gasteiger partial charge in [-0.15, -0.1) is 0 Å². The van der Waals surface area contributed by atoms with Crippen molar-refractivity contribution in [2.75, 3.05) is 26.4 Å². The van der Waals surface area contributed by atoms with Crippen LogP contribution < -0.4 is 10.0 Å². The number of benzene rings is 1. The number of amides is 1. The van der Waals surface area contributed by atoms with Crippen LogP contribution in [-0.4, -0.2) is 64.0 Å². The number of rotatable bonds is 8. The maximum Gasteiger partial charge on any atom is 0.240 e. The van der Waals surface area contributed by atoms with E-state index in [0.717, 1.165) is 5.56 Å². The number of aliphatic hydroxyl groups is 1. The molecular formula is C21H32N2O6S. The smallest absolute Gasteiger partial charge is 0.240 e. The zero-order chi connectivity index (χ0) is 21.6. The molecule has 9 heteroatoms. The van der Waals surface area contributed by atoms with Crippen LogP contribution in [0.3, 0.4) is 0 Å². The zero-order valence-electron chi connectivity index (χ0n) is 17.4. The first-order chi connectivity index (χ1) is 14.4. The lowest BCUT2D eigenvalue weighted by atomic mass is 9.94. The summed E-state index contributed by atoms with van der Waals surface area (Å²) in [6, 6.07) is 6.47. The fourth-order valence-corrected chi connectivity index (χ4v) is 4.97. The molecule has 2 aliphatic heterocycles. The normalized spacial score (nSPS) is 25.7. The molecule has 0 radical (unpaired) electrons. The molecule has 168 valence electrons. The Labute approximate surface area is 178 Å². The monoisotopic (exact) mass is 440 g/mol. The summed E-state index contributed by atoms with van der Waals surface area (Å²) in [6.45, 7) is 3.16. The van der Waals surface area contributed by atoms with Crippen LogP contribution in [-0.2, 0) is 24.3 Å². The summed E-state index contributed by atoms with van der Waals surface area (Å²) >= 11 is 0. The average molecular weight is 441 g/mol. The average Bonchev–Trinajstić information content (AvgIpc) is 2.75. The molecule has 1 aromatic rings. The summed E-state index contributed by atoms with van der Waals surface area (Å²) in [7, 11) is -3.56. The number of ether oxygens (including phenoxy) is 2. The Morgan fingerprint density at radius 2 is 1.83 bits per heavy atom. The number of hydrogen-bond acceptors (Lipinski definition) is 6. The quantitative estimate of drug-likeness (QED) is 0.558. The van der Waals surface area contributed by atoms with Crippen LogP contribution in [0, 0.1) is 12.8 Å². The van der Waals surface area contributed by atoms with Crippen LogP contribution >= 0.6 is 0 Å². The molecule has 0 aromatic heterocycles. The van der Waals surface area contributed by atoms with Crippen molar-refractivity contribution < 1.29 is 27.8 Å². The molecule has 0 bridgehead atoms. The van der Waals surface area contributed by atoms with Gasteiger partial charge in [0.1, 0.15) is 6.10 Å². The molecule has 3 atom stereocenters. The zero-order valence-corrected chi connectivity index (χ0v) is 18.2. The van der Waals surface area contributed by atoms with Gasteiger partial charge in [0.15, 0.2) is 0 Å². The molecule has 2 saturated heterocycles. The Morgan fingerprint density at radius 1 is 1.13 bits per heavy atom. The molecular weight excluding hydrogens is 408 g/mol. The first-order valence-corrected chi connectivity index (χ1v) is 12.1. The van der Waals surface area contributed by atoms with Gasteiger partial charge < -0.3 is 19.9 Å². The van der Waals surface area contributed by atoms with Crippen molar-refractivity contribution in [3.05, 3.63) is 29.8 Å². The lowest BCUT2D eigenvalue weighted by Crippen LogP contribution is -2.52. The summed E-state index contributed by atoms with van der Waals surface area (Å²) in [5, 5.41) is 12.7. The fraction of sp³-hybridized carbons (Fsp3) is 0.667. The molecule has 0 unspecified atom stereocenters. The van der Waals surface area contributed by atoms with Gasteiger partial charge in [0, 0.05) is 25.7 Å². The Morgan fingerprint density at radius 3 is 2.50 bits per heavy atom. The third-order valence-corrected chi connectivity index (χ3v) is 7.28. The van der Waals surface area contributed by atoms with Crippen molar-refractivity contribution in [2.45, 2.75) is 62.2 Å². The van der Waals surface area contributed by atoms with Gasteiger partial charge in [-0.1, -0.05) is 17.7 Å². The Kier molecular flexibility index (Phi) is 8.24. The summed E-state index contributed by atoms with van der Waals surface area (Å²) in [5.41, 5.74) is 0.998. The maximum atomic E-state index is 12.5. The topological polar surface area (TPSA) is 114 Å². The minimum absolute atomic E-state index is 0.00495. The number of aliphatic hydroxyl groups excluding tert-OH is 1. The van der Waals surface area contributed by atoms with Crippen LogP contribution in [0.1, 0.15) is 37.7 Å². The van der Waals surface area contributed by atoms with Crippen molar-refractivity contribution >= 4 is 15.9 Å². The summed E-state index contributed by atoms with van der Waals surface area (Å²) in [5.74, 6) is -0.0540. The standard InChI is InChI=1S/C21H32N2O6S/c1-15-2-5-18(6-3-15)30(26,27)22-11-8-17-4-7-19(20(14-24)29-17)23-21(25)16-9-12-28-13-10-16/h2-3,5-6,16-17,19-20,22,24H,4,7-14H2,1H3,(H,23,25)/t17-,19-,20+/m1/s1. The molecule has 30 heavy (non-hydrogen) atoms. The van der Waals surface area contributed by atoms with Gasteiger partial charge in [0.05, 0.1) is 23.6 Å². The number of carbonyl (C=O) groups is 1. The van der Waals surface area contributed by atoms with E-state index in [1.807, 2.05) is 6.92 Å². The molecule has 0 aliphatic carbocycles. The number of carbonyl (C=O) groups excluding carboxylic acids is 1. The van der Waals surface area contributed by atoms with Crippen molar-refractivity contribution in [3.63, 3.8) is 0 Å². The second-order valence-electron chi connectivity index (χ2n) is 8.06. The lowest BCUT2D eigenvalue weighted by molar-refractivity contribution is -0.134. The van der Waals surface area contributed by atoms with Gasteiger partial charge in [-0.25, -0.2) is 13.1 Å². The minimum atomic E-state index is -3.56. The van der Waals surface area contributed by atoms with Crippen LogP contribution in [0.5, 0.6) is 0 Å². The highest BCUT2D eigenvalue weighted by Gasteiger charge is 2.33. The highest BCUT2D eigenvalue weighted by atomic mass is 32.2. The van der Waals surface area contributed by atoms with Crippen molar-refractivity contribution in [1.29, 1.82) is 0 Å². The van der Waals surface area contributed by atoms with E-state index >= 15 is 0 Å². The van der Waals surface area contributed by atoms with Crippen molar-refractivity contribution in [1.82, 2.24) is 10.0 Å². The van der Waals surface area contributed by atoms with Crippen molar-refractivity contribution in [3.8, 4) is 0 Å². The predicted molar refractivity (Wildman–Crippen MR) is 111 cm³/mol. The van der Waals surface area contributed by atoms with Gasteiger partial charge in [-0.3, -0.25) is 4.79 Å². The number of aryl methyl sites for hydroxylation is 1. The summed E-state index contributed by atoms with van der Waals surface area (Å²) < 4.78 is 38.6. The predicted octanol–water partition coefficient (Wildman–Crippen LogP) is 1.11. The second-order valence-corrected chi connectivity index (χ2v) is 9.82. The first-order valence-electron chi connectivity index (χ1n) is 10.6. The van der Waals surface area contributed by atoms with Gasteiger partial charge in [0.2, 0.25) is 15.9 Å². The minimum Gasteiger partial charge on any atom is -0.394 e. The first kappa shape index (κ1) is 23.1. The van der Waals surface area contributed by atoms with E-state index in [4.69, 9.17) is 9.47 Å². The molecule has 8 nitrogen and oxygen atoms in total. The number of hydrogen-bond donors (Lipinski definition) is 3. The molecule has 2 aliphatic rings. The Hall–Kier alpha value is -1.52. The molecule has 2 fully saturated rings. The van der Waals surface area contributed by atoms with E-state index in [2.05, 4.69) is 10.0 Å². The number of sulfonamides is 1. The van der Waals surface area contributed by atoms with Crippen molar-refractivity contribution in [2.24, 2.45) is 5.92 Å². The van der Waals surface area contributed by atoms with Crippen LogP contribution in [0.15, 0.2) is 29.2 Å². The van der Waals surface area contributed by atoms with Crippen LogP contribution in [0.4, 0.5) is 0 Å². The SMILES string of the molecule is Cc1ccc(S(=O)(=O)NCC[C@H]2CC[C@@H](NC(=O)C3CCOCC3)[C@H](CO)O2)cc1. The van der Waals surface area contributed by atoms with Gasteiger partial charge in [0.25, 0.3) is 0 Å². The summed E-state index contributed by atoms with van der Waals surface area (Å²) in [6.07, 6.45) is 2.67. The van der Waals surface area contributed by atoms with E-state index in [-0.39, 0.29) is 42.0 Å².